The maximum atomic E-state index is 11.1. The van der Waals surface area contributed by atoms with Gasteiger partial charge in [-0.05, 0) is 12.1 Å². The Hall–Kier alpha value is -1.66. The van der Waals surface area contributed by atoms with E-state index in [9.17, 15) is 4.79 Å². The van der Waals surface area contributed by atoms with Gasteiger partial charge in [0.2, 0.25) is 0 Å². The largest absolute Gasteiger partial charge is 0.446 e. The molecule has 1 aliphatic rings. The molecule has 0 saturated carbocycles. The molecule has 1 amide bonds. The van der Waals surface area contributed by atoms with Gasteiger partial charge in [0.05, 0.1) is 6.04 Å². The molecule has 0 bridgehead atoms. The first-order valence-electron chi connectivity index (χ1n) is 3.48. The predicted octanol–water partition coefficient (Wildman–Crippen LogP) is -0.850. The van der Waals surface area contributed by atoms with Crippen LogP contribution in [0.25, 0.3) is 0 Å². The van der Waals surface area contributed by atoms with E-state index in [4.69, 9.17) is 4.74 Å². The number of tetrazole rings is 1. The van der Waals surface area contributed by atoms with Crippen molar-refractivity contribution in [2.75, 3.05) is 11.6 Å². The van der Waals surface area contributed by atoms with E-state index in [0.717, 1.165) is 4.91 Å². The molecular formula is C5H7N5O2. The van der Waals surface area contributed by atoms with Crippen molar-refractivity contribution in [1.29, 1.82) is 0 Å². The summed E-state index contributed by atoms with van der Waals surface area (Å²) in [6.07, 6.45) is 0.818. The minimum absolute atomic E-state index is 0.0494. The number of hydrogen-bond donors (Lipinski definition) is 0. The highest BCUT2D eigenvalue weighted by Crippen LogP contribution is 2.07. The van der Waals surface area contributed by atoms with Crippen LogP contribution in [-0.2, 0) is 4.74 Å². The summed E-state index contributed by atoms with van der Waals surface area (Å²) in [7, 11) is 0. The van der Waals surface area contributed by atoms with Crippen molar-refractivity contribution in [2.24, 2.45) is 0 Å². The second-order valence-corrected chi connectivity index (χ2v) is 2.47. The van der Waals surface area contributed by atoms with Gasteiger partial charge in [-0.1, -0.05) is 4.91 Å². The number of ether oxygens (including phenoxy) is 1. The van der Waals surface area contributed by atoms with Crippen LogP contribution in [0.4, 0.5) is 4.79 Å². The highest BCUT2D eigenvalue weighted by molar-refractivity contribution is 5.80. The van der Waals surface area contributed by atoms with E-state index in [1.165, 1.54) is 11.3 Å². The molecule has 0 N–H and O–H groups in total. The molecule has 64 valence electrons. The van der Waals surface area contributed by atoms with E-state index in [1.807, 2.05) is 6.92 Å². The van der Waals surface area contributed by atoms with Crippen LogP contribution in [0.5, 0.6) is 0 Å². The lowest BCUT2D eigenvalue weighted by molar-refractivity contribution is 0.176. The van der Waals surface area contributed by atoms with E-state index in [1.54, 1.807) is 0 Å². The van der Waals surface area contributed by atoms with Gasteiger partial charge in [0.15, 0.2) is 6.33 Å². The molecule has 0 aromatic carbocycles. The zero-order valence-electron chi connectivity index (χ0n) is 6.41. The molecule has 1 aromatic rings. The second kappa shape index (κ2) is 2.43. The lowest BCUT2D eigenvalue weighted by atomic mass is 10.4. The summed E-state index contributed by atoms with van der Waals surface area (Å²) in [6, 6.07) is -0.0494. The normalized spacial score (nSPS) is 22.9. The van der Waals surface area contributed by atoms with Gasteiger partial charge in [0, 0.05) is 0 Å². The monoisotopic (exact) mass is 169 g/mol. The molecule has 2 heterocycles. The Bertz CT molecular complexity index is 284. The lowest BCUT2D eigenvalue weighted by Gasteiger charge is -2.13. The molecule has 7 heteroatoms. The van der Waals surface area contributed by atoms with Gasteiger partial charge in [-0.15, -0.1) is 10.2 Å². The molecule has 7 nitrogen and oxygen atoms in total. The molecular weight excluding hydrogens is 162 g/mol. The van der Waals surface area contributed by atoms with Crippen molar-refractivity contribution in [1.82, 2.24) is 20.3 Å². The number of rotatable bonds is 1. The van der Waals surface area contributed by atoms with Gasteiger partial charge in [-0.2, -0.15) is 5.01 Å². The highest BCUT2D eigenvalue weighted by atomic mass is 16.6. The molecule has 0 aliphatic carbocycles. The van der Waals surface area contributed by atoms with Crippen molar-refractivity contribution in [2.45, 2.75) is 13.0 Å². The SMILES string of the molecule is CC1COC(=O)N1n1ncnn1. The van der Waals surface area contributed by atoms with E-state index in [-0.39, 0.29) is 6.04 Å². The van der Waals surface area contributed by atoms with Gasteiger partial charge < -0.3 is 4.74 Å². The molecule has 1 fully saturated rings. The fourth-order valence-corrected chi connectivity index (χ4v) is 1.02. The summed E-state index contributed by atoms with van der Waals surface area (Å²) >= 11 is 0. The van der Waals surface area contributed by atoms with Crippen LogP contribution in [0, 0.1) is 0 Å². The third-order valence-electron chi connectivity index (χ3n) is 1.58. The topological polar surface area (TPSA) is 73.1 Å². The first kappa shape index (κ1) is 7.01. The summed E-state index contributed by atoms with van der Waals surface area (Å²) in [5, 5.41) is 12.1. The molecule has 12 heavy (non-hydrogen) atoms. The van der Waals surface area contributed by atoms with Gasteiger partial charge in [0.1, 0.15) is 6.61 Å². The Labute approximate surface area is 67.9 Å². The Morgan fingerprint density at radius 1 is 1.75 bits per heavy atom. The molecule has 1 saturated heterocycles. The quantitative estimate of drug-likeness (QED) is 0.547. The Balaban J connectivity index is 2.28. The predicted molar refractivity (Wildman–Crippen MR) is 36.8 cm³/mol. The molecule has 0 radical (unpaired) electrons. The minimum Gasteiger partial charge on any atom is -0.446 e. The van der Waals surface area contributed by atoms with E-state index in [0.29, 0.717) is 6.61 Å². The molecule has 1 unspecified atom stereocenters. The summed E-state index contributed by atoms with van der Waals surface area (Å²) in [5.41, 5.74) is 0. The van der Waals surface area contributed by atoms with Crippen LogP contribution in [0.3, 0.4) is 0 Å². The Morgan fingerprint density at radius 2 is 2.58 bits per heavy atom. The number of aromatic nitrogens is 4. The van der Waals surface area contributed by atoms with Crippen LogP contribution in [0.15, 0.2) is 6.33 Å². The second-order valence-electron chi connectivity index (χ2n) is 2.47. The number of cyclic esters (lactones) is 1. The maximum absolute atomic E-state index is 11.1. The van der Waals surface area contributed by atoms with Crippen LogP contribution < -0.4 is 5.01 Å². The summed E-state index contributed by atoms with van der Waals surface area (Å²) in [5.74, 6) is 0. The van der Waals surface area contributed by atoms with Gasteiger partial charge in [-0.3, -0.25) is 0 Å². The Kier molecular flexibility index (Phi) is 1.42. The number of amides is 1. The van der Waals surface area contributed by atoms with Crippen molar-refractivity contribution < 1.29 is 9.53 Å². The summed E-state index contributed by atoms with van der Waals surface area (Å²) in [6.45, 7) is 2.20. The number of nitrogens with zero attached hydrogens (tertiary/aromatic N) is 5. The van der Waals surface area contributed by atoms with Crippen molar-refractivity contribution in [3.8, 4) is 0 Å². The van der Waals surface area contributed by atoms with E-state index in [2.05, 4.69) is 15.4 Å². The third-order valence-corrected chi connectivity index (χ3v) is 1.58. The lowest BCUT2D eigenvalue weighted by Crippen LogP contribution is -2.42. The Morgan fingerprint density at radius 3 is 3.08 bits per heavy atom. The van der Waals surface area contributed by atoms with Crippen LogP contribution in [0.1, 0.15) is 6.92 Å². The summed E-state index contributed by atoms with van der Waals surface area (Å²) < 4.78 is 4.76. The fraction of sp³-hybridized carbons (Fsp3) is 0.600. The first-order valence-corrected chi connectivity index (χ1v) is 3.48. The molecule has 1 atom stereocenters. The van der Waals surface area contributed by atoms with Crippen molar-refractivity contribution in [3.63, 3.8) is 0 Å². The highest BCUT2D eigenvalue weighted by Gasteiger charge is 2.32. The zero-order valence-corrected chi connectivity index (χ0v) is 6.41. The number of carbonyl (C=O) groups excluding carboxylic acids is 1. The van der Waals surface area contributed by atoms with Gasteiger partial charge >= 0.3 is 6.09 Å². The maximum Gasteiger partial charge on any atom is 0.432 e. The average molecular weight is 169 g/mol. The average Bonchev–Trinajstić information content (AvgIpc) is 2.61. The van der Waals surface area contributed by atoms with Gasteiger partial charge in [-0.25, -0.2) is 4.79 Å². The van der Waals surface area contributed by atoms with Crippen LogP contribution in [-0.4, -0.2) is 39.1 Å². The zero-order chi connectivity index (χ0) is 8.55. The summed E-state index contributed by atoms with van der Waals surface area (Å²) in [4.78, 5) is 12.2. The molecule has 1 aromatic heterocycles. The van der Waals surface area contributed by atoms with E-state index >= 15 is 0 Å². The first-order chi connectivity index (χ1) is 5.79. The van der Waals surface area contributed by atoms with Crippen molar-refractivity contribution >= 4 is 6.09 Å². The number of carbonyl (C=O) groups is 1. The van der Waals surface area contributed by atoms with Gasteiger partial charge in [0.25, 0.3) is 0 Å². The molecule has 2 rings (SSSR count). The van der Waals surface area contributed by atoms with Crippen LogP contribution in [0.2, 0.25) is 0 Å². The molecule has 0 spiro atoms. The standard InChI is InChI=1S/C5H7N5O2/c1-4-2-12-5(11)9(4)10-7-3-6-8-10/h3-4H,2H2,1H3. The smallest absolute Gasteiger partial charge is 0.432 e. The minimum atomic E-state index is -0.444. The van der Waals surface area contributed by atoms with E-state index < -0.39 is 6.09 Å². The number of hydrogen-bond acceptors (Lipinski definition) is 5. The molecule has 1 aliphatic heterocycles. The van der Waals surface area contributed by atoms with Crippen molar-refractivity contribution in [3.05, 3.63) is 6.33 Å². The van der Waals surface area contributed by atoms with Crippen LogP contribution >= 0.6 is 0 Å². The fourth-order valence-electron chi connectivity index (χ4n) is 1.02. The third kappa shape index (κ3) is 0.900.